The van der Waals surface area contributed by atoms with Crippen molar-refractivity contribution in [1.82, 2.24) is 4.90 Å². The maximum absolute atomic E-state index is 14.1. The van der Waals surface area contributed by atoms with Gasteiger partial charge in [0.15, 0.2) is 11.6 Å². The van der Waals surface area contributed by atoms with Gasteiger partial charge in [0.2, 0.25) is 0 Å². The lowest BCUT2D eigenvalue weighted by Crippen LogP contribution is -2.41. The number of nitrogens with two attached hydrogens (primary N) is 1. The maximum atomic E-state index is 14.1. The number of rotatable bonds is 5. The number of hydrogen-bond acceptors (Lipinski definition) is 3. The lowest BCUT2D eigenvalue weighted by atomic mass is 9.88. The zero-order valence-electron chi connectivity index (χ0n) is 12.2. The highest BCUT2D eigenvalue weighted by atomic mass is 19.2. The van der Waals surface area contributed by atoms with E-state index in [1.165, 1.54) is 17.0 Å². The van der Waals surface area contributed by atoms with Crippen molar-refractivity contribution in [2.24, 2.45) is 11.7 Å². The molecule has 0 aliphatic carbocycles. The third-order valence-corrected chi connectivity index (χ3v) is 3.86. The topological polar surface area (TPSA) is 75.8 Å². The molecule has 0 aromatic heterocycles. The van der Waals surface area contributed by atoms with Crippen LogP contribution in [0.5, 0.6) is 0 Å². The molecule has 3 N–H and O–H groups in total. The number of ether oxygens (including phenoxy) is 1. The molecule has 2 rings (SSSR count). The van der Waals surface area contributed by atoms with Crippen molar-refractivity contribution in [2.45, 2.75) is 18.9 Å². The largest absolute Gasteiger partial charge is 0.465 e. The Hall–Kier alpha value is -1.73. The molecule has 1 saturated heterocycles. The molecule has 5 nitrogen and oxygen atoms in total. The van der Waals surface area contributed by atoms with Crippen LogP contribution >= 0.6 is 0 Å². The molecule has 1 amide bonds. The molecular weight excluding hydrogens is 294 g/mol. The molecule has 22 heavy (non-hydrogen) atoms. The molecule has 0 spiro atoms. The molecule has 122 valence electrons. The third kappa shape index (κ3) is 3.72. The highest BCUT2D eigenvalue weighted by molar-refractivity contribution is 5.65. The molecule has 1 aliphatic rings. The predicted octanol–water partition coefficient (Wildman–Crippen LogP) is 2.37. The summed E-state index contributed by atoms with van der Waals surface area (Å²) in [7, 11) is 0. The highest BCUT2D eigenvalue weighted by Gasteiger charge is 2.32. The number of nitrogens with zero attached hydrogens (tertiary/aromatic N) is 1. The number of carbonyl (C=O) groups is 1. The number of piperidine rings is 1. The van der Waals surface area contributed by atoms with E-state index in [0.717, 1.165) is 6.07 Å². The van der Waals surface area contributed by atoms with E-state index < -0.39 is 23.8 Å². The Balaban J connectivity index is 2.25. The van der Waals surface area contributed by atoms with Gasteiger partial charge in [-0.15, -0.1) is 0 Å². The Morgan fingerprint density at radius 1 is 1.50 bits per heavy atom. The van der Waals surface area contributed by atoms with Crippen LogP contribution in [0.3, 0.4) is 0 Å². The van der Waals surface area contributed by atoms with Crippen LogP contribution in [0.4, 0.5) is 13.6 Å². The molecule has 0 bridgehead atoms. The summed E-state index contributed by atoms with van der Waals surface area (Å²) < 4.78 is 33.2. The van der Waals surface area contributed by atoms with Crippen LogP contribution in [0.15, 0.2) is 18.2 Å². The van der Waals surface area contributed by atoms with E-state index in [1.807, 2.05) is 0 Å². The fourth-order valence-corrected chi connectivity index (χ4v) is 2.85. The van der Waals surface area contributed by atoms with Crippen molar-refractivity contribution in [3.05, 3.63) is 35.4 Å². The van der Waals surface area contributed by atoms with Gasteiger partial charge in [0.25, 0.3) is 0 Å². The first-order chi connectivity index (χ1) is 10.5. The minimum Gasteiger partial charge on any atom is -0.465 e. The summed E-state index contributed by atoms with van der Waals surface area (Å²) in [5.74, 6) is -2.12. The Morgan fingerprint density at radius 3 is 2.95 bits per heavy atom. The molecule has 0 radical (unpaired) electrons. The lowest BCUT2D eigenvalue weighted by molar-refractivity contribution is -0.0120. The minimum absolute atomic E-state index is 0.116. The van der Waals surface area contributed by atoms with Crippen molar-refractivity contribution in [2.75, 3.05) is 26.2 Å². The fraction of sp³-hybridized carbons (Fsp3) is 0.533. The standard InChI is InChI=1S/C15H20F2N2O3/c16-12-5-1-4-11(13(12)17)14(22-8-6-18)10-3-2-7-19(9-10)15(20)21/h1,4-5,10,14H,2-3,6-9,18H2,(H,20,21)/t10?,14-/m1/s1. The van der Waals surface area contributed by atoms with Crippen molar-refractivity contribution in [3.63, 3.8) is 0 Å². The van der Waals surface area contributed by atoms with Crippen molar-refractivity contribution in [3.8, 4) is 0 Å². The lowest BCUT2D eigenvalue weighted by Gasteiger charge is -2.35. The van der Waals surface area contributed by atoms with E-state index >= 15 is 0 Å². The van der Waals surface area contributed by atoms with Crippen LogP contribution in [-0.2, 0) is 4.74 Å². The SMILES string of the molecule is NCCO[C@@H](c1cccc(F)c1F)C1CCCN(C(=O)O)C1. The monoisotopic (exact) mass is 314 g/mol. The van der Waals surface area contributed by atoms with Gasteiger partial charge < -0.3 is 20.5 Å². The summed E-state index contributed by atoms with van der Waals surface area (Å²) in [6, 6.07) is 3.94. The van der Waals surface area contributed by atoms with Gasteiger partial charge in [-0.05, 0) is 18.9 Å². The summed E-state index contributed by atoms with van der Waals surface area (Å²) >= 11 is 0. The second-order valence-electron chi connectivity index (χ2n) is 5.35. The van der Waals surface area contributed by atoms with Gasteiger partial charge in [0, 0.05) is 31.1 Å². The fourth-order valence-electron chi connectivity index (χ4n) is 2.85. The maximum Gasteiger partial charge on any atom is 0.407 e. The van der Waals surface area contributed by atoms with E-state index in [0.29, 0.717) is 19.4 Å². The van der Waals surface area contributed by atoms with E-state index in [1.54, 1.807) is 0 Å². The Morgan fingerprint density at radius 2 is 2.27 bits per heavy atom. The normalized spacial score (nSPS) is 20.0. The summed E-state index contributed by atoms with van der Waals surface area (Å²) in [6.07, 6.45) is -0.367. The van der Waals surface area contributed by atoms with Crippen molar-refractivity contribution >= 4 is 6.09 Å². The summed E-state index contributed by atoms with van der Waals surface area (Å²) in [5.41, 5.74) is 5.55. The van der Waals surface area contributed by atoms with E-state index in [2.05, 4.69) is 0 Å². The molecular formula is C15H20F2N2O3. The number of carboxylic acid groups (broad SMARTS) is 1. The Bertz CT molecular complexity index is 528. The van der Waals surface area contributed by atoms with Crippen molar-refractivity contribution < 1.29 is 23.4 Å². The quantitative estimate of drug-likeness (QED) is 0.875. The van der Waals surface area contributed by atoms with E-state index in [4.69, 9.17) is 15.6 Å². The summed E-state index contributed by atoms with van der Waals surface area (Å²) in [5, 5.41) is 9.11. The van der Waals surface area contributed by atoms with Gasteiger partial charge in [-0.1, -0.05) is 12.1 Å². The number of likely N-dealkylation sites (tertiary alicyclic amines) is 1. The molecule has 7 heteroatoms. The first-order valence-corrected chi connectivity index (χ1v) is 7.28. The van der Waals surface area contributed by atoms with E-state index in [9.17, 15) is 13.6 Å². The van der Waals surface area contributed by atoms with Crippen LogP contribution in [0.25, 0.3) is 0 Å². The second kappa shape index (κ2) is 7.51. The minimum atomic E-state index is -1.01. The number of halogens is 2. The average Bonchev–Trinajstić information content (AvgIpc) is 2.52. The zero-order chi connectivity index (χ0) is 16.1. The molecule has 2 atom stereocenters. The van der Waals surface area contributed by atoms with Gasteiger partial charge in [0.1, 0.15) is 0 Å². The first-order valence-electron chi connectivity index (χ1n) is 7.28. The number of amides is 1. The molecule has 1 aromatic rings. The van der Waals surface area contributed by atoms with Crippen molar-refractivity contribution in [1.29, 1.82) is 0 Å². The van der Waals surface area contributed by atoms with Crippen LogP contribution in [0.1, 0.15) is 24.5 Å². The Kier molecular flexibility index (Phi) is 5.68. The van der Waals surface area contributed by atoms with Gasteiger partial charge in [-0.2, -0.15) is 0 Å². The molecule has 1 aliphatic heterocycles. The molecule has 1 aromatic carbocycles. The second-order valence-corrected chi connectivity index (χ2v) is 5.35. The van der Waals surface area contributed by atoms with Crippen LogP contribution in [0, 0.1) is 17.6 Å². The molecule has 0 saturated carbocycles. The van der Waals surface area contributed by atoms with Crippen LogP contribution in [0.2, 0.25) is 0 Å². The van der Waals surface area contributed by atoms with E-state index in [-0.39, 0.29) is 31.2 Å². The molecule has 1 fully saturated rings. The highest BCUT2D eigenvalue weighted by Crippen LogP contribution is 2.34. The number of hydrogen-bond donors (Lipinski definition) is 2. The first kappa shape index (κ1) is 16.6. The third-order valence-electron chi connectivity index (χ3n) is 3.86. The van der Waals surface area contributed by atoms with Gasteiger partial charge in [0.05, 0.1) is 12.7 Å². The average molecular weight is 314 g/mol. The summed E-state index contributed by atoms with van der Waals surface area (Å²) in [4.78, 5) is 12.4. The van der Waals surface area contributed by atoms with Gasteiger partial charge in [-0.3, -0.25) is 0 Å². The summed E-state index contributed by atoms with van der Waals surface area (Å²) in [6.45, 7) is 1.13. The van der Waals surface area contributed by atoms with Gasteiger partial charge in [-0.25, -0.2) is 13.6 Å². The van der Waals surface area contributed by atoms with Crippen LogP contribution < -0.4 is 5.73 Å². The smallest absolute Gasteiger partial charge is 0.407 e. The van der Waals surface area contributed by atoms with Crippen LogP contribution in [-0.4, -0.2) is 42.3 Å². The molecule has 1 unspecified atom stereocenters. The predicted molar refractivity (Wildman–Crippen MR) is 76.4 cm³/mol. The van der Waals surface area contributed by atoms with Gasteiger partial charge >= 0.3 is 6.09 Å². The zero-order valence-corrected chi connectivity index (χ0v) is 12.2. The Labute approximate surface area is 127 Å². The molecule has 1 heterocycles. The number of benzene rings is 1.